The van der Waals surface area contributed by atoms with Crippen LogP contribution in [0.3, 0.4) is 0 Å². The van der Waals surface area contributed by atoms with Crippen molar-refractivity contribution in [1.82, 2.24) is 5.32 Å². The van der Waals surface area contributed by atoms with Crippen LogP contribution in [0.2, 0.25) is 0 Å². The zero-order chi connectivity index (χ0) is 11.3. The van der Waals surface area contributed by atoms with Gasteiger partial charge in [0.1, 0.15) is 0 Å². The number of rotatable bonds is 4. The average molecular weight is 206 g/mol. The number of hydrogen-bond acceptors (Lipinski definition) is 2. The number of hydrogen-bond donors (Lipinski definition) is 2. The summed E-state index contributed by atoms with van der Waals surface area (Å²) in [4.78, 5) is 11.2. The van der Waals surface area contributed by atoms with E-state index in [-0.39, 0.29) is 5.91 Å². The van der Waals surface area contributed by atoms with E-state index in [4.69, 9.17) is 0 Å². The molecule has 0 aliphatic rings. The molecule has 15 heavy (non-hydrogen) atoms. The minimum absolute atomic E-state index is 0.0263. The highest BCUT2D eigenvalue weighted by molar-refractivity contribution is 5.80. The van der Waals surface area contributed by atoms with Gasteiger partial charge in [-0.3, -0.25) is 4.79 Å². The van der Waals surface area contributed by atoms with E-state index < -0.39 is 0 Å². The van der Waals surface area contributed by atoms with Gasteiger partial charge in [-0.05, 0) is 38.0 Å². The highest BCUT2D eigenvalue weighted by Crippen LogP contribution is 2.15. The van der Waals surface area contributed by atoms with Crippen LogP contribution in [0.4, 0.5) is 5.69 Å². The second kappa shape index (κ2) is 5.39. The Morgan fingerprint density at radius 3 is 2.73 bits per heavy atom. The molecule has 2 N–H and O–H groups in total. The van der Waals surface area contributed by atoms with Crippen molar-refractivity contribution in [3.05, 3.63) is 29.3 Å². The number of nitrogens with one attached hydrogen (secondary N) is 2. The molecular formula is C12H18N2O. The number of benzene rings is 1. The Morgan fingerprint density at radius 2 is 2.07 bits per heavy atom. The van der Waals surface area contributed by atoms with E-state index in [1.807, 2.05) is 20.8 Å². The molecule has 0 aliphatic carbocycles. The van der Waals surface area contributed by atoms with Gasteiger partial charge in [0, 0.05) is 12.2 Å². The number of likely N-dealkylation sites (N-methyl/N-ethyl adjacent to an activating group) is 1. The summed E-state index contributed by atoms with van der Waals surface area (Å²) in [6, 6.07) is 6.16. The second-order valence-electron chi connectivity index (χ2n) is 3.63. The quantitative estimate of drug-likeness (QED) is 0.789. The Labute approximate surface area is 90.9 Å². The van der Waals surface area contributed by atoms with Gasteiger partial charge in [0.15, 0.2) is 0 Å². The van der Waals surface area contributed by atoms with Gasteiger partial charge in [0.25, 0.3) is 0 Å². The SMILES string of the molecule is CCNC(=O)CNc1cc(C)ccc1C. The summed E-state index contributed by atoms with van der Waals surface area (Å²) in [5.74, 6) is 0.0263. The molecule has 3 nitrogen and oxygen atoms in total. The fraction of sp³-hybridized carbons (Fsp3) is 0.417. The Kier molecular flexibility index (Phi) is 4.16. The van der Waals surface area contributed by atoms with Crippen molar-refractivity contribution >= 4 is 11.6 Å². The van der Waals surface area contributed by atoms with Gasteiger partial charge >= 0.3 is 0 Å². The maximum Gasteiger partial charge on any atom is 0.239 e. The zero-order valence-corrected chi connectivity index (χ0v) is 9.55. The maximum absolute atomic E-state index is 11.2. The Morgan fingerprint density at radius 1 is 1.33 bits per heavy atom. The number of amides is 1. The van der Waals surface area contributed by atoms with Crippen LogP contribution in [-0.2, 0) is 4.79 Å². The van der Waals surface area contributed by atoms with E-state index in [9.17, 15) is 4.79 Å². The van der Waals surface area contributed by atoms with Crippen LogP contribution < -0.4 is 10.6 Å². The molecule has 0 saturated heterocycles. The molecule has 0 spiro atoms. The predicted octanol–water partition coefficient (Wildman–Crippen LogP) is 1.85. The maximum atomic E-state index is 11.2. The van der Waals surface area contributed by atoms with Gasteiger partial charge in [0.05, 0.1) is 6.54 Å². The van der Waals surface area contributed by atoms with E-state index >= 15 is 0 Å². The minimum Gasteiger partial charge on any atom is -0.376 e. The lowest BCUT2D eigenvalue weighted by Crippen LogP contribution is -2.29. The molecule has 0 saturated carbocycles. The molecule has 1 rings (SSSR count). The zero-order valence-electron chi connectivity index (χ0n) is 9.55. The molecule has 1 aromatic rings. The molecule has 1 aromatic carbocycles. The highest BCUT2D eigenvalue weighted by Gasteiger charge is 2.01. The first-order chi connectivity index (χ1) is 7.13. The number of anilines is 1. The first kappa shape index (κ1) is 11.6. The Balaban J connectivity index is 2.57. The van der Waals surface area contributed by atoms with Crippen LogP contribution in [0.25, 0.3) is 0 Å². The second-order valence-corrected chi connectivity index (χ2v) is 3.63. The molecule has 0 aliphatic heterocycles. The molecule has 1 amide bonds. The Hall–Kier alpha value is -1.51. The van der Waals surface area contributed by atoms with Crippen molar-refractivity contribution in [1.29, 1.82) is 0 Å². The third-order valence-electron chi connectivity index (χ3n) is 2.21. The van der Waals surface area contributed by atoms with Crippen molar-refractivity contribution in [2.75, 3.05) is 18.4 Å². The van der Waals surface area contributed by atoms with E-state index in [0.29, 0.717) is 13.1 Å². The summed E-state index contributed by atoms with van der Waals surface area (Å²) in [6.45, 7) is 6.98. The van der Waals surface area contributed by atoms with Gasteiger partial charge in [-0.1, -0.05) is 12.1 Å². The van der Waals surface area contributed by atoms with Gasteiger partial charge < -0.3 is 10.6 Å². The van der Waals surface area contributed by atoms with Crippen LogP contribution in [0, 0.1) is 13.8 Å². The summed E-state index contributed by atoms with van der Waals surface area (Å²) < 4.78 is 0. The largest absolute Gasteiger partial charge is 0.376 e. The summed E-state index contributed by atoms with van der Waals surface area (Å²) in [7, 11) is 0. The lowest BCUT2D eigenvalue weighted by molar-refractivity contribution is -0.119. The van der Waals surface area contributed by atoms with Crippen LogP contribution in [0.5, 0.6) is 0 Å². The first-order valence-electron chi connectivity index (χ1n) is 5.21. The van der Waals surface area contributed by atoms with Gasteiger partial charge in [0.2, 0.25) is 5.91 Å². The van der Waals surface area contributed by atoms with Crippen LogP contribution in [0.15, 0.2) is 18.2 Å². The molecule has 82 valence electrons. The van der Waals surface area contributed by atoms with Crippen LogP contribution in [0.1, 0.15) is 18.1 Å². The molecule has 0 fully saturated rings. The average Bonchev–Trinajstić information content (AvgIpc) is 2.20. The van der Waals surface area contributed by atoms with E-state index in [1.54, 1.807) is 0 Å². The van der Waals surface area contributed by atoms with Crippen LogP contribution >= 0.6 is 0 Å². The molecule has 0 unspecified atom stereocenters. The summed E-state index contributed by atoms with van der Waals surface area (Å²) >= 11 is 0. The van der Waals surface area contributed by atoms with Crippen molar-refractivity contribution in [2.24, 2.45) is 0 Å². The van der Waals surface area contributed by atoms with Crippen molar-refractivity contribution in [3.8, 4) is 0 Å². The normalized spacial score (nSPS) is 9.80. The lowest BCUT2D eigenvalue weighted by atomic mass is 10.1. The third-order valence-corrected chi connectivity index (χ3v) is 2.21. The van der Waals surface area contributed by atoms with Gasteiger partial charge in [-0.2, -0.15) is 0 Å². The van der Waals surface area contributed by atoms with Crippen LogP contribution in [-0.4, -0.2) is 19.0 Å². The number of carbonyl (C=O) groups is 1. The summed E-state index contributed by atoms with van der Waals surface area (Å²) in [5.41, 5.74) is 3.38. The number of aryl methyl sites for hydroxylation is 2. The molecule has 0 heterocycles. The fourth-order valence-electron chi connectivity index (χ4n) is 1.36. The number of carbonyl (C=O) groups excluding carboxylic acids is 1. The molecule has 3 heteroatoms. The lowest BCUT2D eigenvalue weighted by Gasteiger charge is -2.10. The summed E-state index contributed by atoms with van der Waals surface area (Å²) in [5, 5.41) is 5.87. The molecule has 0 aromatic heterocycles. The van der Waals surface area contributed by atoms with Gasteiger partial charge in [-0.25, -0.2) is 0 Å². The minimum atomic E-state index is 0.0263. The van der Waals surface area contributed by atoms with Crippen molar-refractivity contribution in [2.45, 2.75) is 20.8 Å². The smallest absolute Gasteiger partial charge is 0.239 e. The van der Waals surface area contributed by atoms with E-state index in [1.165, 1.54) is 5.56 Å². The Bertz CT molecular complexity index is 347. The topological polar surface area (TPSA) is 41.1 Å². The molecule has 0 bridgehead atoms. The van der Waals surface area contributed by atoms with E-state index in [0.717, 1.165) is 11.3 Å². The predicted molar refractivity (Wildman–Crippen MR) is 63.1 cm³/mol. The molecule has 0 atom stereocenters. The molecule has 0 radical (unpaired) electrons. The highest BCUT2D eigenvalue weighted by atomic mass is 16.1. The molecular weight excluding hydrogens is 188 g/mol. The summed E-state index contributed by atoms with van der Waals surface area (Å²) in [6.07, 6.45) is 0. The van der Waals surface area contributed by atoms with Gasteiger partial charge in [-0.15, -0.1) is 0 Å². The fourth-order valence-corrected chi connectivity index (χ4v) is 1.36. The van der Waals surface area contributed by atoms with Crippen molar-refractivity contribution in [3.63, 3.8) is 0 Å². The third kappa shape index (κ3) is 3.62. The van der Waals surface area contributed by atoms with Crippen molar-refractivity contribution < 1.29 is 4.79 Å². The monoisotopic (exact) mass is 206 g/mol. The standard InChI is InChI=1S/C12H18N2O/c1-4-13-12(15)8-14-11-7-9(2)5-6-10(11)3/h5-7,14H,4,8H2,1-3H3,(H,13,15). The van der Waals surface area contributed by atoms with E-state index in [2.05, 4.69) is 28.8 Å². The first-order valence-corrected chi connectivity index (χ1v) is 5.21.